The predicted octanol–water partition coefficient (Wildman–Crippen LogP) is 1.57. The van der Waals surface area contributed by atoms with Gasteiger partial charge in [-0.1, -0.05) is 11.6 Å². The van der Waals surface area contributed by atoms with Gasteiger partial charge in [0.15, 0.2) is 0 Å². The highest BCUT2D eigenvalue weighted by Crippen LogP contribution is 2.23. The molecule has 1 aliphatic carbocycles. The van der Waals surface area contributed by atoms with E-state index < -0.39 is 0 Å². The second-order valence-corrected chi connectivity index (χ2v) is 5.10. The lowest BCUT2D eigenvalue weighted by Crippen LogP contribution is -2.33. The van der Waals surface area contributed by atoms with Gasteiger partial charge >= 0.3 is 0 Å². The van der Waals surface area contributed by atoms with Crippen LogP contribution in [0, 0.1) is 19.8 Å². The molecule has 18 heavy (non-hydrogen) atoms. The molecule has 0 radical (unpaired) electrons. The van der Waals surface area contributed by atoms with Crippen molar-refractivity contribution in [3.05, 3.63) is 17.0 Å². The number of hydrogen-bond acceptors (Lipinski definition) is 4. The number of nitrogens with zero attached hydrogens (tertiary/aromatic N) is 1. The predicted molar refractivity (Wildman–Crippen MR) is 66.3 cm³/mol. The molecule has 0 bridgehead atoms. The fraction of sp³-hybridized carbons (Fsp3) is 0.692. The van der Waals surface area contributed by atoms with E-state index in [4.69, 9.17) is 4.52 Å². The van der Waals surface area contributed by atoms with Crippen molar-refractivity contribution in [3.63, 3.8) is 0 Å². The summed E-state index contributed by atoms with van der Waals surface area (Å²) >= 11 is 0. The van der Waals surface area contributed by atoms with Crippen LogP contribution in [0.15, 0.2) is 4.52 Å². The van der Waals surface area contributed by atoms with E-state index in [1.807, 2.05) is 0 Å². The highest BCUT2D eigenvalue weighted by Gasteiger charge is 2.22. The third kappa shape index (κ3) is 2.90. The van der Waals surface area contributed by atoms with Gasteiger partial charge in [-0.25, -0.2) is 0 Å². The lowest BCUT2D eigenvalue weighted by atomic mass is 9.87. The van der Waals surface area contributed by atoms with Crippen LogP contribution in [0.2, 0.25) is 0 Å². The largest absolute Gasteiger partial charge is 0.393 e. The maximum Gasteiger partial charge on any atom is 0.256 e. The molecule has 1 aromatic heterocycles. The first kappa shape index (κ1) is 13.1. The molecule has 1 amide bonds. The van der Waals surface area contributed by atoms with Crippen LogP contribution in [-0.2, 0) is 0 Å². The molecule has 2 rings (SSSR count). The van der Waals surface area contributed by atoms with Gasteiger partial charge in [0.2, 0.25) is 0 Å². The second kappa shape index (κ2) is 5.52. The number of aliphatic hydroxyl groups excluding tert-OH is 1. The molecule has 1 aliphatic rings. The van der Waals surface area contributed by atoms with Gasteiger partial charge < -0.3 is 14.9 Å². The van der Waals surface area contributed by atoms with E-state index in [9.17, 15) is 9.90 Å². The fourth-order valence-electron chi connectivity index (χ4n) is 2.58. The summed E-state index contributed by atoms with van der Waals surface area (Å²) in [6.45, 7) is 4.11. The van der Waals surface area contributed by atoms with Crippen molar-refractivity contribution in [2.45, 2.75) is 45.6 Å². The van der Waals surface area contributed by atoms with Gasteiger partial charge in [-0.3, -0.25) is 4.79 Å². The van der Waals surface area contributed by atoms with E-state index in [2.05, 4.69) is 10.5 Å². The minimum Gasteiger partial charge on any atom is -0.393 e. The van der Waals surface area contributed by atoms with Crippen molar-refractivity contribution >= 4 is 5.91 Å². The Balaban J connectivity index is 1.88. The Morgan fingerprint density at radius 1 is 1.50 bits per heavy atom. The van der Waals surface area contributed by atoms with Crippen molar-refractivity contribution in [2.24, 2.45) is 5.92 Å². The highest BCUT2D eigenvalue weighted by molar-refractivity contribution is 5.96. The molecule has 1 fully saturated rings. The lowest BCUT2D eigenvalue weighted by molar-refractivity contribution is 0.0872. The van der Waals surface area contributed by atoms with Gasteiger partial charge in [-0.15, -0.1) is 0 Å². The number of carbonyl (C=O) groups excluding carboxylic acids is 1. The van der Waals surface area contributed by atoms with Crippen LogP contribution in [0.25, 0.3) is 0 Å². The third-order valence-corrected chi connectivity index (χ3v) is 3.57. The van der Waals surface area contributed by atoms with E-state index >= 15 is 0 Å². The van der Waals surface area contributed by atoms with Crippen molar-refractivity contribution < 1.29 is 14.4 Å². The van der Waals surface area contributed by atoms with E-state index in [-0.39, 0.29) is 12.0 Å². The average Bonchev–Trinajstić information content (AvgIpc) is 2.66. The molecule has 2 N–H and O–H groups in total. The molecule has 100 valence electrons. The zero-order valence-electron chi connectivity index (χ0n) is 10.9. The van der Waals surface area contributed by atoms with Crippen LogP contribution >= 0.6 is 0 Å². The lowest BCUT2D eigenvalue weighted by Gasteiger charge is -2.25. The Morgan fingerprint density at radius 3 is 2.89 bits per heavy atom. The van der Waals surface area contributed by atoms with Crippen molar-refractivity contribution in [2.75, 3.05) is 6.54 Å². The SMILES string of the molecule is Cc1noc(C)c1C(=O)NCC1CCCC(O)C1. The number of aromatic nitrogens is 1. The van der Waals surface area contributed by atoms with Gasteiger partial charge in [-0.2, -0.15) is 0 Å². The number of amides is 1. The molecule has 5 nitrogen and oxygen atoms in total. The topological polar surface area (TPSA) is 75.4 Å². The van der Waals surface area contributed by atoms with E-state index in [1.54, 1.807) is 13.8 Å². The Hall–Kier alpha value is -1.36. The summed E-state index contributed by atoms with van der Waals surface area (Å²) in [6, 6.07) is 0. The number of carbonyl (C=O) groups is 1. The summed E-state index contributed by atoms with van der Waals surface area (Å²) < 4.78 is 4.97. The van der Waals surface area contributed by atoms with E-state index in [0.717, 1.165) is 25.7 Å². The normalized spacial score (nSPS) is 23.9. The Bertz CT molecular complexity index is 408. The Morgan fingerprint density at radius 2 is 2.28 bits per heavy atom. The zero-order chi connectivity index (χ0) is 13.1. The summed E-state index contributed by atoms with van der Waals surface area (Å²) in [4.78, 5) is 12.0. The Kier molecular flexibility index (Phi) is 4.01. The first-order chi connectivity index (χ1) is 8.58. The van der Waals surface area contributed by atoms with Crippen LogP contribution in [0.5, 0.6) is 0 Å². The van der Waals surface area contributed by atoms with Crippen molar-refractivity contribution in [3.8, 4) is 0 Å². The molecule has 0 aliphatic heterocycles. The molecule has 2 unspecified atom stereocenters. The maximum absolute atomic E-state index is 12.0. The number of rotatable bonds is 3. The summed E-state index contributed by atoms with van der Waals surface area (Å²) in [5.74, 6) is 0.790. The molecule has 0 saturated heterocycles. The first-order valence-corrected chi connectivity index (χ1v) is 6.47. The van der Waals surface area contributed by atoms with Crippen LogP contribution < -0.4 is 5.32 Å². The monoisotopic (exact) mass is 252 g/mol. The Labute approximate surface area is 107 Å². The standard InChI is InChI=1S/C13H20N2O3/c1-8-12(9(2)18-15-8)13(17)14-7-10-4-3-5-11(16)6-10/h10-11,16H,3-7H2,1-2H3,(H,14,17). The van der Waals surface area contributed by atoms with Crippen LogP contribution in [0.1, 0.15) is 47.5 Å². The van der Waals surface area contributed by atoms with Crippen LogP contribution in [-0.4, -0.2) is 28.8 Å². The number of aryl methyl sites for hydroxylation is 2. The summed E-state index contributed by atoms with van der Waals surface area (Å²) in [7, 11) is 0. The van der Waals surface area contributed by atoms with Crippen LogP contribution in [0.3, 0.4) is 0 Å². The van der Waals surface area contributed by atoms with Gasteiger partial charge in [0, 0.05) is 6.54 Å². The van der Waals surface area contributed by atoms with Gasteiger partial charge in [0.25, 0.3) is 5.91 Å². The summed E-state index contributed by atoms with van der Waals surface area (Å²) in [5.41, 5.74) is 1.15. The molecule has 1 aromatic rings. The van der Waals surface area contributed by atoms with E-state index in [1.165, 1.54) is 0 Å². The van der Waals surface area contributed by atoms with Gasteiger partial charge in [-0.05, 0) is 39.0 Å². The molecular weight excluding hydrogens is 232 g/mol. The third-order valence-electron chi connectivity index (χ3n) is 3.57. The number of nitrogens with one attached hydrogen (secondary N) is 1. The van der Waals surface area contributed by atoms with Gasteiger partial charge in [0.05, 0.1) is 11.8 Å². The molecule has 5 heteroatoms. The van der Waals surface area contributed by atoms with Crippen molar-refractivity contribution in [1.29, 1.82) is 0 Å². The molecule has 0 aromatic carbocycles. The van der Waals surface area contributed by atoms with Crippen LogP contribution in [0.4, 0.5) is 0 Å². The van der Waals surface area contributed by atoms with Gasteiger partial charge in [0.1, 0.15) is 11.3 Å². The zero-order valence-corrected chi connectivity index (χ0v) is 10.9. The molecule has 1 saturated carbocycles. The first-order valence-electron chi connectivity index (χ1n) is 6.47. The average molecular weight is 252 g/mol. The summed E-state index contributed by atoms with van der Waals surface area (Å²) in [6.07, 6.45) is 3.56. The van der Waals surface area contributed by atoms with Crippen molar-refractivity contribution in [1.82, 2.24) is 10.5 Å². The highest BCUT2D eigenvalue weighted by atomic mass is 16.5. The second-order valence-electron chi connectivity index (χ2n) is 5.10. The molecule has 0 spiro atoms. The molecule has 1 heterocycles. The minimum atomic E-state index is -0.209. The molecular formula is C13H20N2O3. The minimum absolute atomic E-state index is 0.133. The fourth-order valence-corrected chi connectivity index (χ4v) is 2.58. The number of aliphatic hydroxyl groups is 1. The molecule has 2 atom stereocenters. The smallest absolute Gasteiger partial charge is 0.256 e. The van der Waals surface area contributed by atoms with E-state index in [0.29, 0.717) is 29.5 Å². The number of hydrogen-bond donors (Lipinski definition) is 2. The maximum atomic E-state index is 12.0. The summed E-state index contributed by atoms with van der Waals surface area (Å²) in [5, 5.41) is 16.3. The quantitative estimate of drug-likeness (QED) is 0.856.